The molecular formula is C22H31FN6O2+2. The Morgan fingerprint density at radius 2 is 1.94 bits per heavy atom. The van der Waals surface area contributed by atoms with Crippen LogP contribution in [0, 0.1) is 5.82 Å². The first kappa shape index (κ1) is 21.5. The van der Waals surface area contributed by atoms with Crippen molar-refractivity contribution in [2.45, 2.75) is 20.0 Å². The molecule has 0 radical (unpaired) electrons. The van der Waals surface area contributed by atoms with Gasteiger partial charge in [-0.3, -0.25) is 4.90 Å². The topological polar surface area (TPSA) is 72.4 Å². The third-order valence-electron chi connectivity index (χ3n) is 5.68. The molecule has 2 N–H and O–H groups in total. The number of ether oxygens (including phenoxy) is 1. The fourth-order valence-electron chi connectivity index (χ4n) is 4.13. The number of anilines is 1. The molecule has 4 rings (SSSR count). The summed E-state index contributed by atoms with van der Waals surface area (Å²) in [5, 5.41) is 13.3. The van der Waals surface area contributed by atoms with Crippen LogP contribution in [0.15, 0.2) is 24.5 Å². The van der Waals surface area contributed by atoms with E-state index in [1.807, 2.05) is 43.5 Å². The average Bonchev–Trinajstić information content (AvgIpc) is 3.04. The van der Waals surface area contributed by atoms with E-state index in [1.54, 1.807) is 6.07 Å². The van der Waals surface area contributed by atoms with Gasteiger partial charge in [-0.05, 0) is 24.9 Å². The lowest BCUT2D eigenvalue weighted by Gasteiger charge is -2.33. The molecule has 0 bridgehead atoms. The number of H-pyrrole nitrogens is 1. The number of fused-ring (bicyclic) bond motifs is 1. The lowest BCUT2D eigenvalue weighted by atomic mass is 10.1. The van der Waals surface area contributed by atoms with Gasteiger partial charge in [-0.2, -0.15) is 5.10 Å². The molecule has 1 aromatic carbocycles. The summed E-state index contributed by atoms with van der Waals surface area (Å²) in [6.45, 7) is 8.18. The maximum absolute atomic E-state index is 14.5. The summed E-state index contributed by atoms with van der Waals surface area (Å²) in [7, 11) is 3.88. The second kappa shape index (κ2) is 8.76. The highest BCUT2D eigenvalue weighted by atomic mass is 19.1. The van der Waals surface area contributed by atoms with Crippen LogP contribution in [0.1, 0.15) is 13.8 Å². The number of hydrogen-bond donors (Lipinski definition) is 2. The fourth-order valence-corrected chi connectivity index (χ4v) is 4.13. The predicted molar refractivity (Wildman–Crippen MR) is 115 cm³/mol. The number of aromatic amines is 1. The Bertz CT molecular complexity index is 1080. The van der Waals surface area contributed by atoms with Gasteiger partial charge >= 0.3 is 0 Å². The van der Waals surface area contributed by atoms with Crippen LogP contribution in [-0.4, -0.2) is 65.5 Å². The molecule has 0 aliphatic carbocycles. The van der Waals surface area contributed by atoms with Crippen LogP contribution in [0.25, 0.3) is 22.3 Å². The van der Waals surface area contributed by atoms with Crippen LogP contribution in [-0.2, 0) is 14.1 Å². The number of β-amino-alcohol motifs (C(OH)–C–C–N with tert-alkyl or cyclic N) is 1. The zero-order valence-electron chi connectivity index (χ0n) is 18.6. The van der Waals surface area contributed by atoms with E-state index in [1.165, 1.54) is 6.07 Å². The number of piperazine rings is 1. The summed E-state index contributed by atoms with van der Waals surface area (Å²) in [6, 6.07) is 5.33. The summed E-state index contributed by atoms with van der Waals surface area (Å²) in [4.78, 5) is 9.16. The molecule has 1 aliphatic rings. The van der Waals surface area contributed by atoms with Crippen molar-refractivity contribution in [1.29, 1.82) is 0 Å². The highest BCUT2D eigenvalue weighted by molar-refractivity contribution is 5.90. The van der Waals surface area contributed by atoms with Crippen LogP contribution in [0.3, 0.4) is 0 Å². The van der Waals surface area contributed by atoms with Gasteiger partial charge in [-0.15, -0.1) is 4.68 Å². The summed E-state index contributed by atoms with van der Waals surface area (Å²) in [5.74, 6) is 0.780. The normalized spacial score (nSPS) is 15.3. The maximum atomic E-state index is 14.5. The van der Waals surface area contributed by atoms with Crippen molar-refractivity contribution >= 4 is 16.7 Å². The van der Waals surface area contributed by atoms with Crippen molar-refractivity contribution in [3.05, 3.63) is 30.3 Å². The Morgan fingerprint density at radius 1 is 1.19 bits per heavy atom. The van der Waals surface area contributed by atoms with E-state index in [0.29, 0.717) is 12.1 Å². The largest absolute Gasteiger partial charge is 0.488 e. The molecule has 1 fully saturated rings. The average molecular weight is 431 g/mol. The Labute approximate surface area is 181 Å². The molecule has 2 aromatic heterocycles. The second-order valence-corrected chi connectivity index (χ2v) is 8.31. The Hall–Kier alpha value is -2.78. The molecule has 0 saturated carbocycles. The van der Waals surface area contributed by atoms with Gasteiger partial charge in [-0.25, -0.2) is 8.96 Å². The maximum Gasteiger partial charge on any atom is 0.289 e. The van der Waals surface area contributed by atoms with E-state index in [2.05, 4.69) is 25.9 Å². The molecule has 0 spiro atoms. The predicted octanol–water partition coefficient (Wildman–Crippen LogP) is 0.920. The molecule has 1 aliphatic heterocycles. The number of rotatable bonds is 6. The quantitative estimate of drug-likeness (QED) is 0.569. The van der Waals surface area contributed by atoms with E-state index < -0.39 is 0 Å². The molecule has 1 saturated heterocycles. The van der Waals surface area contributed by atoms with Crippen molar-refractivity contribution in [1.82, 2.24) is 15.0 Å². The molecule has 3 aromatic rings. The van der Waals surface area contributed by atoms with Gasteiger partial charge in [0.1, 0.15) is 5.52 Å². The van der Waals surface area contributed by atoms with Crippen LogP contribution in [0.5, 0.6) is 5.75 Å². The highest BCUT2D eigenvalue weighted by Gasteiger charge is 2.29. The smallest absolute Gasteiger partial charge is 0.289 e. The van der Waals surface area contributed by atoms with Crippen molar-refractivity contribution < 1.29 is 23.5 Å². The molecule has 0 amide bonds. The number of aromatic nitrogens is 4. The van der Waals surface area contributed by atoms with Crippen molar-refractivity contribution in [2.75, 3.05) is 44.2 Å². The van der Waals surface area contributed by atoms with Gasteiger partial charge in [0, 0.05) is 38.8 Å². The van der Waals surface area contributed by atoms with Crippen molar-refractivity contribution in [2.24, 2.45) is 14.1 Å². The molecule has 8 nitrogen and oxygen atoms in total. The first-order valence-electron chi connectivity index (χ1n) is 10.7. The zero-order chi connectivity index (χ0) is 22.1. The summed E-state index contributed by atoms with van der Waals surface area (Å²) >= 11 is 0. The molecule has 3 heterocycles. The SMILES string of the molecule is CC(C)Oc1cc2c(-c3cc(N4CCN(CCO)CC4)nc[n+]3C)[n+](C)[nH]c2cc1F. The molecule has 9 heteroatoms. The number of nitrogens with zero attached hydrogens (tertiary/aromatic N) is 5. The number of halogens is 1. The third-order valence-corrected chi connectivity index (χ3v) is 5.68. The lowest BCUT2D eigenvalue weighted by molar-refractivity contribution is -0.727. The number of aryl methyl sites for hydroxylation is 2. The molecular weight excluding hydrogens is 399 g/mol. The number of aliphatic hydroxyl groups excluding tert-OH is 1. The van der Waals surface area contributed by atoms with E-state index in [-0.39, 0.29) is 24.3 Å². The molecule has 166 valence electrons. The first-order chi connectivity index (χ1) is 14.9. The number of benzene rings is 1. The highest BCUT2D eigenvalue weighted by Crippen LogP contribution is 2.30. The van der Waals surface area contributed by atoms with Crippen LogP contribution >= 0.6 is 0 Å². The second-order valence-electron chi connectivity index (χ2n) is 8.31. The standard InChI is InChI=1S/C22H30FN6O2/c1-15(2)31-20-11-16-18(12-17(20)23)25-27(4)22(16)19-13-21(24-14-26(19)3)29-7-5-28(6-8-29)9-10-30/h11-15,30H,5-10H2,1-4H3/q+1/p+1. The van der Waals surface area contributed by atoms with Gasteiger partial charge in [0.05, 0.1) is 31.2 Å². The zero-order valence-corrected chi connectivity index (χ0v) is 18.6. The van der Waals surface area contributed by atoms with E-state index >= 15 is 0 Å². The van der Waals surface area contributed by atoms with Crippen LogP contribution < -0.4 is 18.9 Å². The van der Waals surface area contributed by atoms with Gasteiger partial charge in [-0.1, -0.05) is 0 Å². The fraction of sp³-hybridized carbons (Fsp3) is 0.500. The van der Waals surface area contributed by atoms with E-state index in [4.69, 9.17) is 9.84 Å². The van der Waals surface area contributed by atoms with Gasteiger partial charge < -0.3 is 14.7 Å². The van der Waals surface area contributed by atoms with Gasteiger partial charge in [0.15, 0.2) is 18.6 Å². The third kappa shape index (κ3) is 4.33. The number of aliphatic hydroxyl groups is 1. The molecule has 0 unspecified atom stereocenters. The Kier molecular flexibility index (Phi) is 6.06. The summed E-state index contributed by atoms with van der Waals surface area (Å²) in [6.07, 6.45) is 1.70. The van der Waals surface area contributed by atoms with Crippen LogP contribution in [0.2, 0.25) is 0 Å². The molecule has 31 heavy (non-hydrogen) atoms. The van der Waals surface area contributed by atoms with Crippen molar-refractivity contribution in [3.63, 3.8) is 0 Å². The minimum absolute atomic E-state index is 0.115. The minimum atomic E-state index is -0.379. The minimum Gasteiger partial charge on any atom is -0.488 e. The number of hydrogen-bond acceptors (Lipinski definition) is 5. The number of nitrogens with one attached hydrogen (secondary N) is 1. The van der Waals surface area contributed by atoms with E-state index in [0.717, 1.165) is 48.8 Å². The first-order valence-corrected chi connectivity index (χ1v) is 10.7. The van der Waals surface area contributed by atoms with Gasteiger partial charge in [0.2, 0.25) is 11.5 Å². The Balaban J connectivity index is 1.72. The van der Waals surface area contributed by atoms with Gasteiger partial charge in [0.25, 0.3) is 12.0 Å². The van der Waals surface area contributed by atoms with E-state index in [9.17, 15) is 4.39 Å². The Morgan fingerprint density at radius 3 is 2.61 bits per heavy atom. The van der Waals surface area contributed by atoms with Crippen LogP contribution in [0.4, 0.5) is 10.2 Å². The monoisotopic (exact) mass is 430 g/mol. The lowest BCUT2D eigenvalue weighted by Crippen LogP contribution is -2.48. The van der Waals surface area contributed by atoms with Crippen molar-refractivity contribution in [3.8, 4) is 17.1 Å². The summed E-state index contributed by atoms with van der Waals surface area (Å²) in [5.41, 5.74) is 2.62. The molecule has 0 atom stereocenters. The summed E-state index contributed by atoms with van der Waals surface area (Å²) < 4.78 is 24.1.